The quantitative estimate of drug-likeness (QED) is 0.665. The molecular formula is C13H19NO4. The Balaban J connectivity index is 3.00. The Labute approximate surface area is 106 Å². The van der Waals surface area contributed by atoms with Crippen LogP contribution in [0.25, 0.3) is 0 Å². The minimum atomic E-state index is -1.06. The summed E-state index contributed by atoms with van der Waals surface area (Å²) in [7, 11) is 1.30. The van der Waals surface area contributed by atoms with Crippen LogP contribution in [-0.4, -0.2) is 35.9 Å². The summed E-state index contributed by atoms with van der Waals surface area (Å²) in [5, 5.41) is 19.6. The summed E-state index contributed by atoms with van der Waals surface area (Å²) in [6.45, 7) is 2.06. The number of rotatable bonds is 5. The Morgan fingerprint density at radius 3 is 2.67 bits per heavy atom. The molecular weight excluding hydrogens is 234 g/mol. The van der Waals surface area contributed by atoms with Crippen LogP contribution in [-0.2, 0) is 4.74 Å². The number of aryl methyl sites for hydroxylation is 1. The molecule has 1 rings (SSSR count). The van der Waals surface area contributed by atoms with Gasteiger partial charge >= 0.3 is 5.97 Å². The Morgan fingerprint density at radius 2 is 2.11 bits per heavy atom. The van der Waals surface area contributed by atoms with Crippen molar-refractivity contribution in [2.24, 2.45) is 5.73 Å². The Hall–Kier alpha value is -1.43. The highest BCUT2D eigenvalue weighted by Gasteiger charge is 2.19. The van der Waals surface area contributed by atoms with Gasteiger partial charge in [-0.1, -0.05) is 12.1 Å². The predicted molar refractivity (Wildman–Crippen MR) is 67.2 cm³/mol. The molecule has 0 aromatic heterocycles. The van der Waals surface area contributed by atoms with Crippen LogP contribution in [0.4, 0.5) is 0 Å². The van der Waals surface area contributed by atoms with Gasteiger partial charge in [0.25, 0.3) is 0 Å². The zero-order chi connectivity index (χ0) is 13.7. The van der Waals surface area contributed by atoms with Gasteiger partial charge in [-0.15, -0.1) is 0 Å². The van der Waals surface area contributed by atoms with Gasteiger partial charge in [-0.25, -0.2) is 4.79 Å². The number of nitrogens with two attached hydrogens (primary N) is 1. The van der Waals surface area contributed by atoms with E-state index in [1.54, 1.807) is 19.1 Å². The Bertz CT molecular complexity index is 419. The van der Waals surface area contributed by atoms with Crippen LogP contribution in [0.3, 0.4) is 0 Å². The maximum Gasteiger partial charge on any atom is 0.338 e. The van der Waals surface area contributed by atoms with E-state index in [1.165, 1.54) is 13.2 Å². The van der Waals surface area contributed by atoms with Crippen LogP contribution in [0.2, 0.25) is 0 Å². The fourth-order valence-electron chi connectivity index (χ4n) is 1.70. The molecule has 0 aliphatic carbocycles. The number of aliphatic hydroxyl groups excluding tert-OH is 2. The number of aliphatic hydroxyl groups is 2. The van der Waals surface area contributed by atoms with Crippen molar-refractivity contribution in [3.63, 3.8) is 0 Å². The first-order valence-electron chi connectivity index (χ1n) is 5.76. The smallest absolute Gasteiger partial charge is 0.338 e. The van der Waals surface area contributed by atoms with E-state index in [-0.39, 0.29) is 6.54 Å². The van der Waals surface area contributed by atoms with Crippen molar-refractivity contribution in [1.82, 2.24) is 0 Å². The van der Waals surface area contributed by atoms with E-state index in [2.05, 4.69) is 4.74 Å². The molecule has 0 radical (unpaired) electrons. The molecule has 18 heavy (non-hydrogen) atoms. The molecule has 4 N–H and O–H groups in total. The van der Waals surface area contributed by atoms with Gasteiger partial charge in [0, 0.05) is 0 Å². The highest BCUT2D eigenvalue weighted by atomic mass is 16.5. The zero-order valence-electron chi connectivity index (χ0n) is 10.6. The lowest BCUT2D eigenvalue weighted by molar-refractivity contribution is 0.0149. The lowest BCUT2D eigenvalue weighted by atomic mass is 9.97. The van der Waals surface area contributed by atoms with E-state index in [0.29, 0.717) is 17.5 Å². The highest BCUT2D eigenvalue weighted by molar-refractivity contribution is 5.91. The van der Waals surface area contributed by atoms with E-state index < -0.39 is 18.2 Å². The number of hydrogen-bond acceptors (Lipinski definition) is 5. The lowest BCUT2D eigenvalue weighted by Crippen LogP contribution is -2.22. The molecule has 0 bridgehead atoms. The molecule has 0 saturated heterocycles. The highest BCUT2D eigenvalue weighted by Crippen LogP contribution is 2.22. The molecule has 2 unspecified atom stereocenters. The summed E-state index contributed by atoms with van der Waals surface area (Å²) in [4.78, 5) is 11.5. The van der Waals surface area contributed by atoms with Gasteiger partial charge in [0.2, 0.25) is 0 Å². The first-order valence-corrected chi connectivity index (χ1v) is 5.76. The molecule has 1 aromatic carbocycles. The molecule has 1 aromatic rings. The van der Waals surface area contributed by atoms with Gasteiger partial charge in [-0.2, -0.15) is 0 Å². The molecule has 0 aliphatic heterocycles. The summed E-state index contributed by atoms with van der Waals surface area (Å²) < 4.78 is 4.66. The van der Waals surface area contributed by atoms with Crippen molar-refractivity contribution in [1.29, 1.82) is 0 Å². The van der Waals surface area contributed by atoms with E-state index in [1.807, 2.05) is 0 Å². The number of esters is 1. The molecule has 2 atom stereocenters. The van der Waals surface area contributed by atoms with Gasteiger partial charge in [0.15, 0.2) is 0 Å². The number of hydrogen-bond donors (Lipinski definition) is 3. The molecule has 100 valence electrons. The fraction of sp³-hybridized carbons (Fsp3) is 0.462. The van der Waals surface area contributed by atoms with Crippen LogP contribution in [0.1, 0.15) is 34.0 Å². The standard InChI is InChI=1S/C13H19NO4/c1-8-3-4-9(7-10(8)13(17)18-2)12(16)11(15)5-6-14/h3-4,7,11-12,15-16H,5-6,14H2,1-2H3. The number of benzene rings is 1. The fourth-order valence-corrected chi connectivity index (χ4v) is 1.70. The van der Waals surface area contributed by atoms with Crippen molar-refractivity contribution in [2.45, 2.75) is 25.6 Å². The maximum absolute atomic E-state index is 11.5. The predicted octanol–water partition coefficient (Wildman–Crippen LogP) is 0.525. The van der Waals surface area contributed by atoms with Crippen molar-refractivity contribution < 1.29 is 19.7 Å². The summed E-state index contributed by atoms with van der Waals surface area (Å²) in [6.07, 6.45) is -1.71. The van der Waals surface area contributed by atoms with Gasteiger partial charge in [0.05, 0.1) is 18.8 Å². The zero-order valence-corrected chi connectivity index (χ0v) is 10.6. The number of methoxy groups -OCH3 is 1. The van der Waals surface area contributed by atoms with Gasteiger partial charge in [-0.3, -0.25) is 0 Å². The molecule has 0 amide bonds. The molecule has 5 heteroatoms. The third-order valence-electron chi connectivity index (χ3n) is 2.84. The van der Waals surface area contributed by atoms with Gasteiger partial charge in [-0.05, 0) is 37.1 Å². The summed E-state index contributed by atoms with van der Waals surface area (Å²) in [6, 6.07) is 4.91. The molecule has 5 nitrogen and oxygen atoms in total. The Morgan fingerprint density at radius 1 is 1.44 bits per heavy atom. The first-order chi connectivity index (χ1) is 8.51. The SMILES string of the molecule is COC(=O)c1cc(C(O)C(O)CCN)ccc1C. The average molecular weight is 253 g/mol. The average Bonchev–Trinajstić information content (AvgIpc) is 2.38. The number of carbonyl (C=O) groups is 1. The minimum Gasteiger partial charge on any atom is -0.465 e. The van der Waals surface area contributed by atoms with Crippen molar-refractivity contribution in [3.05, 3.63) is 34.9 Å². The normalized spacial score (nSPS) is 14.1. The second-order valence-electron chi connectivity index (χ2n) is 4.16. The Kier molecular flexibility index (Phi) is 5.27. The molecule has 0 heterocycles. The summed E-state index contributed by atoms with van der Waals surface area (Å²) >= 11 is 0. The molecule has 0 fully saturated rings. The van der Waals surface area contributed by atoms with E-state index in [4.69, 9.17) is 5.73 Å². The molecule has 0 saturated carbocycles. The van der Waals surface area contributed by atoms with Crippen molar-refractivity contribution in [2.75, 3.05) is 13.7 Å². The number of carbonyl (C=O) groups excluding carboxylic acids is 1. The van der Waals surface area contributed by atoms with Crippen LogP contribution < -0.4 is 5.73 Å². The lowest BCUT2D eigenvalue weighted by Gasteiger charge is -2.18. The molecule has 0 spiro atoms. The van der Waals surface area contributed by atoms with Gasteiger partial charge in [0.1, 0.15) is 6.10 Å². The maximum atomic E-state index is 11.5. The number of ether oxygens (including phenoxy) is 1. The third kappa shape index (κ3) is 3.29. The largest absolute Gasteiger partial charge is 0.465 e. The van der Waals surface area contributed by atoms with Crippen molar-refractivity contribution in [3.8, 4) is 0 Å². The summed E-state index contributed by atoms with van der Waals surface area (Å²) in [5.41, 5.74) is 6.94. The topological polar surface area (TPSA) is 92.8 Å². The van der Waals surface area contributed by atoms with Crippen LogP contribution >= 0.6 is 0 Å². The van der Waals surface area contributed by atoms with Crippen LogP contribution in [0.15, 0.2) is 18.2 Å². The first kappa shape index (κ1) is 14.6. The second-order valence-corrected chi connectivity index (χ2v) is 4.16. The summed E-state index contributed by atoms with van der Waals surface area (Å²) in [5.74, 6) is -0.463. The molecule has 0 aliphatic rings. The van der Waals surface area contributed by atoms with E-state index in [9.17, 15) is 15.0 Å². The van der Waals surface area contributed by atoms with Crippen LogP contribution in [0, 0.1) is 6.92 Å². The second kappa shape index (κ2) is 6.49. The van der Waals surface area contributed by atoms with Crippen molar-refractivity contribution >= 4 is 5.97 Å². The van der Waals surface area contributed by atoms with Crippen LogP contribution in [0.5, 0.6) is 0 Å². The van der Waals surface area contributed by atoms with E-state index >= 15 is 0 Å². The third-order valence-corrected chi connectivity index (χ3v) is 2.84. The van der Waals surface area contributed by atoms with E-state index in [0.717, 1.165) is 5.56 Å². The monoisotopic (exact) mass is 253 g/mol. The minimum absolute atomic E-state index is 0.286. The van der Waals surface area contributed by atoms with Gasteiger partial charge < -0.3 is 20.7 Å².